The lowest BCUT2D eigenvalue weighted by atomic mass is 9.83. The standard InChI is InChI=1S/C13H27N/c1-6-8-9-10-11-12(14-7-2)13(3,4)5/h6,12,14H,1,7-11H2,2-5H3. The van der Waals surface area contributed by atoms with Crippen LogP contribution in [0.1, 0.15) is 53.4 Å². The smallest absolute Gasteiger partial charge is 0.0115 e. The molecule has 1 N–H and O–H groups in total. The van der Waals surface area contributed by atoms with Crippen molar-refractivity contribution in [2.24, 2.45) is 5.41 Å². The van der Waals surface area contributed by atoms with Crippen LogP contribution in [-0.4, -0.2) is 12.6 Å². The molecule has 0 heterocycles. The van der Waals surface area contributed by atoms with Crippen molar-refractivity contribution in [2.75, 3.05) is 6.54 Å². The van der Waals surface area contributed by atoms with Gasteiger partial charge < -0.3 is 5.32 Å². The highest BCUT2D eigenvalue weighted by Gasteiger charge is 2.22. The van der Waals surface area contributed by atoms with Gasteiger partial charge in [-0.05, 0) is 31.2 Å². The molecule has 14 heavy (non-hydrogen) atoms. The number of rotatable bonds is 7. The molecule has 1 heteroatoms. The van der Waals surface area contributed by atoms with Gasteiger partial charge in [0.05, 0.1) is 0 Å². The molecular weight excluding hydrogens is 170 g/mol. The van der Waals surface area contributed by atoms with Crippen LogP contribution in [-0.2, 0) is 0 Å². The number of hydrogen-bond donors (Lipinski definition) is 1. The van der Waals surface area contributed by atoms with Gasteiger partial charge in [0, 0.05) is 6.04 Å². The second-order valence-electron chi connectivity index (χ2n) is 5.05. The third kappa shape index (κ3) is 6.20. The molecule has 1 unspecified atom stereocenters. The van der Waals surface area contributed by atoms with Crippen LogP contribution in [0.25, 0.3) is 0 Å². The molecule has 0 aromatic heterocycles. The molecule has 0 aromatic rings. The Balaban J connectivity index is 3.79. The van der Waals surface area contributed by atoms with Gasteiger partial charge in [-0.2, -0.15) is 0 Å². The fourth-order valence-corrected chi connectivity index (χ4v) is 1.72. The predicted octanol–water partition coefficient (Wildman–Crippen LogP) is 3.76. The van der Waals surface area contributed by atoms with Crippen LogP contribution in [0.4, 0.5) is 0 Å². The van der Waals surface area contributed by atoms with Gasteiger partial charge in [0.1, 0.15) is 0 Å². The van der Waals surface area contributed by atoms with E-state index in [1.807, 2.05) is 6.08 Å². The van der Waals surface area contributed by atoms with E-state index in [2.05, 4.69) is 39.6 Å². The van der Waals surface area contributed by atoms with Crippen molar-refractivity contribution in [3.8, 4) is 0 Å². The zero-order valence-corrected chi connectivity index (χ0v) is 10.4. The lowest BCUT2D eigenvalue weighted by molar-refractivity contribution is 0.253. The molecule has 0 saturated carbocycles. The fourth-order valence-electron chi connectivity index (χ4n) is 1.72. The highest BCUT2D eigenvalue weighted by Crippen LogP contribution is 2.23. The first-order valence-electron chi connectivity index (χ1n) is 5.86. The quantitative estimate of drug-likeness (QED) is 0.484. The van der Waals surface area contributed by atoms with E-state index in [1.54, 1.807) is 0 Å². The third-order valence-corrected chi connectivity index (χ3v) is 2.65. The van der Waals surface area contributed by atoms with Gasteiger partial charge in [-0.25, -0.2) is 0 Å². The predicted molar refractivity (Wildman–Crippen MR) is 65.6 cm³/mol. The number of hydrogen-bond acceptors (Lipinski definition) is 1. The fraction of sp³-hybridized carbons (Fsp3) is 0.846. The molecule has 0 aliphatic rings. The van der Waals surface area contributed by atoms with E-state index >= 15 is 0 Å². The Morgan fingerprint density at radius 1 is 1.29 bits per heavy atom. The summed E-state index contributed by atoms with van der Waals surface area (Å²) in [6, 6.07) is 0.650. The summed E-state index contributed by atoms with van der Waals surface area (Å²) in [4.78, 5) is 0. The molecule has 0 bridgehead atoms. The normalized spacial score (nSPS) is 14.0. The molecule has 1 nitrogen and oxygen atoms in total. The second kappa shape index (κ2) is 7.05. The highest BCUT2D eigenvalue weighted by atomic mass is 14.9. The molecule has 84 valence electrons. The van der Waals surface area contributed by atoms with Gasteiger partial charge in [-0.1, -0.05) is 40.2 Å². The summed E-state index contributed by atoms with van der Waals surface area (Å²) in [6.07, 6.45) is 7.04. The molecule has 0 rings (SSSR count). The average molecular weight is 197 g/mol. The van der Waals surface area contributed by atoms with Gasteiger partial charge in [-0.3, -0.25) is 0 Å². The maximum atomic E-state index is 3.75. The van der Waals surface area contributed by atoms with Crippen molar-refractivity contribution in [1.82, 2.24) is 5.32 Å². The molecule has 0 radical (unpaired) electrons. The molecule has 0 spiro atoms. The minimum atomic E-state index is 0.379. The first kappa shape index (κ1) is 13.7. The van der Waals surface area contributed by atoms with Crippen molar-refractivity contribution in [3.05, 3.63) is 12.7 Å². The van der Waals surface area contributed by atoms with Crippen LogP contribution >= 0.6 is 0 Å². The number of nitrogens with one attached hydrogen (secondary N) is 1. The Labute approximate surface area is 90.0 Å². The van der Waals surface area contributed by atoms with E-state index in [9.17, 15) is 0 Å². The zero-order chi connectivity index (χ0) is 11.0. The van der Waals surface area contributed by atoms with Crippen LogP contribution in [0.3, 0.4) is 0 Å². The number of unbranched alkanes of at least 4 members (excludes halogenated alkanes) is 2. The molecule has 0 fully saturated rings. The summed E-state index contributed by atoms with van der Waals surface area (Å²) in [5.41, 5.74) is 0.379. The van der Waals surface area contributed by atoms with Crippen LogP contribution in [0, 0.1) is 5.41 Å². The van der Waals surface area contributed by atoms with Crippen molar-refractivity contribution < 1.29 is 0 Å². The first-order chi connectivity index (χ1) is 6.52. The van der Waals surface area contributed by atoms with Crippen LogP contribution in [0.5, 0.6) is 0 Å². The molecule has 1 atom stereocenters. The van der Waals surface area contributed by atoms with E-state index in [4.69, 9.17) is 0 Å². The number of allylic oxidation sites excluding steroid dienone is 1. The first-order valence-corrected chi connectivity index (χ1v) is 5.86. The Kier molecular flexibility index (Phi) is 6.90. The van der Waals surface area contributed by atoms with Crippen molar-refractivity contribution in [3.63, 3.8) is 0 Å². The molecule has 0 aliphatic heterocycles. The van der Waals surface area contributed by atoms with Crippen molar-refractivity contribution in [1.29, 1.82) is 0 Å². The summed E-state index contributed by atoms with van der Waals surface area (Å²) >= 11 is 0. The van der Waals surface area contributed by atoms with E-state index in [-0.39, 0.29) is 0 Å². The van der Waals surface area contributed by atoms with Crippen LogP contribution < -0.4 is 5.32 Å². The zero-order valence-electron chi connectivity index (χ0n) is 10.4. The Morgan fingerprint density at radius 2 is 1.93 bits per heavy atom. The topological polar surface area (TPSA) is 12.0 Å². The van der Waals surface area contributed by atoms with Gasteiger partial charge >= 0.3 is 0 Å². The van der Waals surface area contributed by atoms with E-state index in [0.717, 1.165) is 13.0 Å². The maximum Gasteiger partial charge on any atom is 0.0115 e. The highest BCUT2D eigenvalue weighted by molar-refractivity contribution is 4.80. The van der Waals surface area contributed by atoms with Gasteiger partial charge in [0.25, 0.3) is 0 Å². The molecule has 0 aromatic carbocycles. The van der Waals surface area contributed by atoms with E-state index in [0.29, 0.717) is 11.5 Å². The van der Waals surface area contributed by atoms with Gasteiger partial charge in [0.2, 0.25) is 0 Å². The van der Waals surface area contributed by atoms with Crippen LogP contribution in [0.15, 0.2) is 12.7 Å². The van der Waals surface area contributed by atoms with Gasteiger partial charge in [0.15, 0.2) is 0 Å². The van der Waals surface area contributed by atoms with Crippen molar-refractivity contribution >= 4 is 0 Å². The third-order valence-electron chi connectivity index (χ3n) is 2.65. The Morgan fingerprint density at radius 3 is 2.36 bits per heavy atom. The largest absolute Gasteiger partial charge is 0.314 e. The molecule has 0 amide bonds. The minimum Gasteiger partial charge on any atom is -0.314 e. The van der Waals surface area contributed by atoms with E-state index in [1.165, 1.54) is 19.3 Å². The van der Waals surface area contributed by atoms with Crippen LogP contribution in [0.2, 0.25) is 0 Å². The molecule has 0 aliphatic carbocycles. The maximum absolute atomic E-state index is 3.75. The molecule has 0 saturated heterocycles. The van der Waals surface area contributed by atoms with E-state index < -0.39 is 0 Å². The Bertz CT molecular complexity index is 144. The van der Waals surface area contributed by atoms with Gasteiger partial charge in [-0.15, -0.1) is 6.58 Å². The summed E-state index contributed by atoms with van der Waals surface area (Å²) in [5.74, 6) is 0. The Hall–Kier alpha value is -0.300. The second-order valence-corrected chi connectivity index (χ2v) is 5.05. The molecular formula is C13H27N. The summed E-state index contributed by atoms with van der Waals surface area (Å²) < 4.78 is 0. The monoisotopic (exact) mass is 197 g/mol. The lowest BCUT2D eigenvalue weighted by Gasteiger charge is -2.31. The SMILES string of the molecule is C=CCCCCC(NCC)C(C)(C)C. The summed E-state index contributed by atoms with van der Waals surface area (Å²) in [5, 5.41) is 3.57. The minimum absolute atomic E-state index is 0.379. The lowest BCUT2D eigenvalue weighted by Crippen LogP contribution is -2.40. The summed E-state index contributed by atoms with van der Waals surface area (Å²) in [7, 11) is 0. The van der Waals surface area contributed by atoms with Crippen molar-refractivity contribution in [2.45, 2.75) is 59.4 Å². The summed E-state index contributed by atoms with van der Waals surface area (Å²) in [6.45, 7) is 13.9. The average Bonchev–Trinajstić information content (AvgIpc) is 2.08.